The van der Waals surface area contributed by atoms with Gasteiger partial charge in [-0.3, -0.25) is 4.57 Å². The van der Waals surface area contributed by atoms with Crippen LogP contribution in [0, 0.1) is 6.92 Å². The average Bonchev–Trinajstić information content (AvgIpc) is 2.65. The van der Waals surface area contributed by atoms with Gasteiger partial charge in [-0.1, -0.05) is 44.0 Å². The number of aromatic nitrogens is 2. The van der Waals surface area contributed by atoms with Crippen molar-refractivity contribution in [2.24, 2.45) is 7.05 Å². The Bertz CT molecular complexity index is 590. The van der Waals surface area contributed by atoms with Gasteiger partial charge in [0.25, 0.3) is 0 Å². The van der Waals surface area contributed by atoms with E-state index in [2.05, 4.69) is 36.2 Å². The zero-order valence-corrected chi connectivity index (χ0v) is 12.0. The first-order valence-electron chi connectivity index (χ1n) is 6.98. The largest absolute Gasteiger partial charge is 0.325 e. The number of hydrogen-bond donors (Lipinski definition) is 1. The molecule has 0 unspecified atom stereocenters. The third kappa shape index (κ3) is 2.98. The second-order valence-corrected chi connectivity index (χ2v) is 5.12. The lowest BCUT2D eigenvalue weighted by Crippen LogP contribution is -2.13. The van der Waals surface area contributed by atoms with Gasteiger partial charge in [-0.25, -0.2) is 4.79 Å². The Morgan fingerprint density at radius 2 is 1.84 bits per heavy atom. The molecule has 0 aliphatic heterocycles. The highest BCUT2D eigenvalue weighted by Crippen LogP contribution is 2.21. The van der Waals surface area contributed by atoms with E-state index in [9.17, 15) is 4.79 Å². The number of imidazole rings is 1. The predicted molar refractivity (Wildman–Crippen MR) is 79.4 cm³/mol. The third-order valence-corrected chi connectivity index (χ3v) is 3.59. The van der Waals surface area contributed by atoms with Crippen molar-refractivity contribution >= 4 is 0 Å². The van der Waals surface area contributed by atoms with Crippen molar-refractivity contribution in [1.82, 2.24) is 9.55 Å². The second kappa shape index (κ2) is 5.91. The molecule has 3 heteroatoms. The van der Waals surface area contributed by atoms with Crippen molar-refractivity contribution in [3.05, 3.63) is 46.0 Å². The van der Waals surface area contributed by atoms with Gasteiger partial charge in [0.15, 0.2) is 0 Å². The molecule has 1 heterocycles. The number of aryl methyl sites for hydroxylation is 2. The quantitative estimate of drug-likeness (QED) is 0.820. The molecule has 0 bridgehead atoms. The van der Waals surface area contributed by atoms with E-state index in [0.717, 1.165) is 23.4 Å². The Kier molecular flexibility index (Phi) is 4.25. The van der Waals surface area contributed by atoms with E-state index in [1.54, 1.807) is 11.6 Å². The van der Waals surface area contributed by atoms with Crippen LogP contribution in [0.15, 0.2) is 29.1 Å². The number of nitrogens with zero attached hydrogens (tertiary/aromatic N) is 1. The molecule has 102 valence electrons. The van der Waals surface area contributed by atoms with Gasteiger partial charge in [-0.15, -0.1) is 0 Å². The number of hydrogen-bond acceptors (Lipinski definition) is 1. The Morgan fingerprint density at radius 3 is 2.37 bits per heavy atom. The Labute approximate surface area is 114 Å². The Morgan fingerprint density at radius 1 is 1.16 bits per heavy atom. The fourth-order valence-electron chi connectivity index (χ4n) is 2.48. The van der Waals surface area contributed by atoms with Gasteiger partial charge in [-0.2, -0.15) is 0 Å². The molecule has 2 rings (SSSR count). The molecule has 0 atom stereocenters. The maximum absolute atomic E-state index is 11.6. The summed E-state index contributed by atoms with van der Waals surface area (Å²) >= 11 is 0. The number of unbranched alkanes of at least 4 members (excludes halogenated alkanes) is 2. The summed E-state index contributed by atoms with van der Waals surface area (Å²) in [6, 6.07) is 8.55. The highest BCUT2D eigenvalue weighted by molar-refractivity contribution is 5.62. The lowest BCUT2D eigenvalue weighted by molar-refractivity contribution is 0.717. The molecule has 0 saturated heterocycles. The van der Waals surface area contributed by atoms with E-state index >= 15 is 0 Å². The summed E-state index contributed by atoms with van der Waals surface area (Å²) in [4.78, 5) is 14.4. The van der Waals surface area contributed by atoms with Crippen molar-refractivity contribution in [3.8, 4) is 11.3 Å². The maximum Gasteiger partial charge on any atom is 0.325 e. The standard InChI is InChI=1S/C16H22N2O/c1-4-5-6-7-13-8-10-14(11-9-13)15-12(2)17-16(19)18(15)3/h8-11H,4-7H2,1-3H3,(H,17,19). The fourth-order valence-corrected chi connectivity index (χ4v) is 2.48. The van der Waals surface area contributed by atoms with Gasteiger partial charge in [0, 0.05) is 18.3 Å². The molecule has 1 N–H and O–H groups in total. The summed E-state index contributed by atoms with van der Waals surface area (Å²) in [5, 5.41) is 0. The van der Waals surface area contributed by atoms with Gasteiger partial charge >= 0.3 is 5.69 Å². The highest BCUT2D eigenvalue weighted by atomic mass is 16.1. The topological polar surface area (TPSA) is 37.8 Å². The van der Waals surface area contributed by atoms with Crippen LogP contribution in [0.5, 0.6) is 0 Å². The molecule has 1 aromatic carbocycles. The minimum Gasteiger partial charge on any atom is -0.309 e. The van der Waals surface area contributed by atoms with E-state index in [4.69, 9.17) is 0 Å². The fraction of sp³-hybridized carbons (Fsp3) is 0.438. The highest BCUT2D eigenvalue weighted by Gasteiger charge is 2.09. The van der Waals surface area contributed by atoms with E-state index in [0.29, 0.717) is 0 Å². The van der Waals surface area contributed by atoms with Crippen LogP contribution in [-0.2, 0) is 13.5 Å². The Balaban J connectivity index is 2.20. The maximum atomic E-state index is 11.6. The van der Waals surface area contributed by atoms with Crippen molar-refractivity contribution in [2.45, 2.75) is 39.5 Å². The molecule has 19 heavy (non-hydrogen) atoms. The lowest BCUT2D eigenvalue weighted by Gasteiger charge is -2.06. The Hall–Kier alpha value is -1.77. The number of nitrogens with one attached hydrogen (secondary N) is 1. The molecule has 1 aromatic heterocycles. The van der Waals surface area contributed by atoms with Crippen LogP contribution in [0.2, 0.25) is 0 Å². The summed E-state index contributed by atoms with van der Waals surface area (Å²) in [5.41, 5.74) is 4.31. The summed E-state index contributed by atoms with van der Waals surface area (Å²) in [6.45, 7) is 4.16. The van der Waals surface area contributed by atoms with E-state index in [-0.39, 0.29) is 5.69 Å². The predicted octanol–water partition coefficient (Wildman–Crippen LogP) is 3.42. The molecule has 0 amide bonds. The zero-order chi connectivity index (χ0) is 13.8. The van der Waals surface area contributed by atoms with Gasteiger partial charge in [0.05, 0.1) is 5.69 Å². The third-order valence-electron chi connectivity index (χ3n) is 3.59. The number of benzene rings is 1. The summed E-state index contributed by atoms with van der Waals surface area (Å²) in [5.74, 6) is 0. The smallest absolute Gasteiger partial charge is 0.309 e. The molecule has 0 spiro atoms. The lowest BCUT2D eigenvalue weighted by atomic mass is 10.0. The van der Waals surface area contributed by atoms with Crippen LogP contribution >= 0.6 is 0 Å². The number of H-pyrrole nitrogens is 1. The van der Waals surface area contributed by atoms with Gasteiger partial charge in [0.2, 0.25) is 0 Å². The normalized spacial score (nSPS) is 10.9. The molecule has 0 saturated carbocycles. The average molecular weight is 258 g/mol. The first-order chi connectivity index (χ1) is 9.13. The van der Waals surface area contributed by atoms with E-state index in [1.807, 2.05) is 6.92 Å². The van der Waals surface area contributed by atoms with E-state index in [1.165, 1.54) is 24.8 Å². The molecule has 0 aliphatic rings. The van der Waals surface area contributed by atoms with Gasteiger partial charge in [0.1, 0.15) is 0 Å². The summed E-state index contributed by atoms with van der Waals surface area (Å²) < 4.78 is 1.67. The molecular formula is C16H22N2O. The van der Waals surface area contributed by atoms with Crippen molar-refractivity contribution in [2.75, 3.05) is 0 Å². The van der Waals surface area contributed by atoms with Crippen LogP contribution in [0.4, 0.5) is 0 Å². The number of rotatable bonds is 5. The van der Waals surface area contributed by atoms with Crippen LogP contribution in [0.1, 0.15) is 37.4 Å². The van der Waals surface area contributed by atoms with Crippen molar-refractivity contribution in [3.63, 3.8) is 0 Å². The van der Waals surface area contributed by atoms with Crippen LogP contribution in [0.3, 0.4) is 0 Å². The molecular weight excluding hydrogens is 236 g/mol. The number of aromatic amines is 1. The van der Waals surface area contributed by atoms with Crippen LogP contribution < -0.4 is 5.69 Å². The van der Waals surface area contributed by atoms with Gasteiger partial charge < -0.3 is 4.98 Å². The summed E-state index contributed by atoms with van der Waals surface area (Å²) in [7, 11) is 1.80. The monoisotopic (exact) mass is 258 g/mol. The molecule has 0 aliphatic carbocycles. The molecule has 0 radical (unpaired) electrons. The molecule has 2 aromatic rings. The summed E-state index contributed by atoms with van der Waals surface area (Å²) in [6.07, 6.45) is 4.92. The first kappa shape index (κ1) is 13.7. The molecule has 0 fully saturated rings. The van der Waals surface area contributed by atoms with Gasteiger partial charge in [-0.05, 0) is 25.3 Å². The SMILES string of the molecule is CCCCCc1ccc(-c2c(C)[nH]c(=O)n2C)cc1. The first-order valence-corrected chi connectivity index (χ1v) is 6.98. The zero-order valence-electron chi connectivity index (χ0n) is 12.0. The second-order valence-electron chi connectivity index (χ2n) is 5.12. The van der Waals surface area contributed by atoms with Crippen molar-refractivity contribution in [1.29, 1.82) is 0 Å². The minimum atomic E-state index is -0.0560. The van der Waals surface area contributed by atoms with Crippen LogP contribution in [0.25, 0.3) is 11.3 Å². The van der Waals surface area contributed by atoms with Crippen LogP contribution in [-0.4, -0.2) is 9.55 Å². The minimum absolute atomic E-state index is 0.0560. The van der Waals surface area contributed by atoms with Crippen molar-refractivity contribution < 1.29 is 0 Å². The van der Waals surface area contributed by atoms with E-state index < -0.39 is 0 Å². The molecule has 3 nitrogen and oxygen atoms in total.